The average Bonchev–Trinajstić information content (AvgIpc) is 2.67. The number of rotatable bonds is 4. The predicted molar refractivity (Wildman–Crippen MR) is 100 cm³/mol. The molecule has 0 spiro atoms. The second-order valence-corrected chi connectivity index (χ2v) is 7.11. The molecule has 0 radical (unpaired) electrons. The maximum Gasteiger partial charge on any atom is 0.254 e. The van der Waals surface area contributed by atoms with Gasteiger partial charge in [0.2, 0.25) is 0 Å². The van der Waals surface area contributed by atoms with Gasteiger partial charge in [-0.1, -0.05) is 6.07 Å². The number of pyridine rings is 1. The van der Waals surface area contributed by atoms with Crippen LogP contribution in [0.3, 0.4) is 0 Å². The summed E-state index contributed by atoms with van der Waals surface area (Å²) in [6, 6.07) is 9.45. The van der Waals surface area contributed by atoms with Crippen LogP contribution in [0.1, 0.15) is 46.5 Å². The third-order valence-electron chi connectivity index (χ3n) is 5.06. The van der Waals surface area contributed by atoms with Gasteiger partial charge in [-0.15, -0.1) is 0 Å². The Kier molecular flexibility index (Phi) is 5.34. The van der Waals surface area contributed by atoms with E-state index in [1.54, 1.807) is 24.3 Å². The first-order valence-corrected chi connectivity index (χ1v) is 8.94. The highest BCUT2D eigenvalue weighted by Crippen LogP contribution is 2.24. The lowest BCUT2D eigenvalue weighted by Gasteiger charge is -2.31. The summed E-state index contributed by atoms with van der Waals surface area (Å²) in [5.74, 6) is -0.0301. The number of hydrogen-bond donors (Lipinski definition) is 0. The van der Waals surface area contributed by atoms with Crippen LogP contribution >= 0.6 is 0 Å². The standard InChI is InChI=1S/C21H24N4O/c1-15(2)24(3)13-18-11-23-12-19-14-25(8-7-20(18)19)21(26)17-6-4-5-16(9-17)10-22/h4-6,9,11-12,15H,7-8,13-14H2,1-3H3. The molecule has 2 aromatic rings. The fourth-order valence-electron chi connectivity index (χ4n) is 3.23. The first kappa shape index (κ1) is 18.1. The van der Waals surface area contributed by atoms with Crippen LogP contribution < -0.4 is 0 Å². The third kappa shape index (κ3) is 3.76. The van der Waals surface area contributed by atoms with Crippen molar-refractivity contribution in [1.82, 2.24) is 14.8 Å². The summed E-state index contributed by atoms with van der Waals surface area (Å²) in [6.07, 6.45) is 4.66. The van der Waals surface area contributed by atoms with Crippen molar-refractivity contribution in [2.75, 3.05) is 13.6 Å². The molecule has 5 heteroatoms. The van der Waals surface area contributed by atoms with Gasteiger partial charge in [-0.05, 0) is 62.2 Å². The zero-order valence-electron chi connectivity index (χ0n) is 15.6. The molecule has 0 saturated carbocycles. The molecule has 0 unspecified atom stereocenters. The van der Waals surface area contributed by atoms with Crippen LogP contribution in [0.2, 0.25) is 0 Å². The van der Waals surface area contributed by atoms with E-state index in [1.165, 1.54) is 11.1 Å². The predicted octanol–water partition coefficient (Wildman–Crippen LogP) is 2.99. The van der Waals surface area contributed by atoms with Crippen molar-refractivity contribution in [3.05, 3.63) is 64.5 Å². The Morgan fingerprint density at radius 3 is 2.92 bits per heavy atom. The lowest BCUT2D eigenvalue weighted by molar-refractivity contribution is 0.0734. The van der Waals surface area contributed by atoms with E-state index in [1.807, 2.05) is 17.3 Å². The largest absolute Gasteiger partial charge is 0.334 e. The van der Waals surface area contributed by atoms with Crippen molar-refractivity contribution in [3.8, 4) is 6.07 Å². The van der Waals surface area contributed by atoms with Crippen molar-refractivity contribution in [1.29, 1.82) is 5.26 Å². The Bertz CT molecular complexity index is 853. The summed E-state index contributed by atoms with van der Waals surface area (Å²) in [5, 5.41) is 9.04. The molecule has 26 heavy (non-hydrogen) atoms. The summed E-state index contributed by atoms with van der Waals surface area (Å²) in [5.41, 5.74) is 4.76. The van der Waals surface area contributed by atoms with Crippen LogP contribution in [-0.4, -0.2) is 40.3 Å². The first-order chi connectivity index (χ1) is 12.5. The minimum absolute atomic E-state index is 0.0301. The van der Waals surface area contributed by atoms with Crippen LogP contribution in [0.5, 0.6) is 0 Å². The highest BCUT2D eigenvalue weighted by molar-refractivity contribution is 5.94. The number of benzene rings is 1. The highest BCUT2D eigenvalue weighted by Gasteiger charge is 2.24. The molecule has 1 aliphatic heterocycles. The zero-order chi connectivity index (χ0) is 18.7. The number of amides is 1. The van der Waals surface area contributed by atoms with E-state index in [2.05, 4.69) is 36.8 Å². The van der Waals surface area contributed by atoms with E-state index in [0.29, 0.717) is 30.3 Å². The summed E-state index contributed by atoms with van der Waals surface area (Å²) in [7, 11) is 2.12. The van der Waals surface area contributed by atoms with E-state index in [9.17, 15) is 4.79 Å². The van der Waals surface area contributed by atoms with Gasteiger partial charge in [-0.3, -0.25) is 14.7 Å². The van der Waals surface area contributed by atoms with Gasteiger partial charge in [0.25, 0.3) is 5.91 Å². The molecule has 5 nitrogen and oxygen atoms in total. The number of nitriles is 1. The Labute approximate surface area is 154 Å². The Morgan fingerprint density at radius 1 is 1.38 bits per heavy atom. The van der Waals surface area contributed by atoms with Crippen molar-refractivity contribution in [2.45, 2.75) is 39.4 Å². The van der Waals surface area contributed by atoms with Crippen molar-refractivity contribution < 1.29 is 4.79 Å². The molecule has 0 bridgehead atoms. The van der Waals surface area contributed by atoms with Gasteiger partial charge in [-0.25, -0.2) is 0 Å². The molecule has 1 aromatic heterocycles. The second-order valence-electron chi connectivity index (χ2n) is 7.11. The summed E-state index contributed by atoms with van der Waals surface area (Å²) in [4.78, 5) is 21.4. The van der Waals surface area contributed by atoms with Crippen LogP contribution in [0.15, 0.2) is 36.7 Å². The first-order valence-electron chi connectivity index (χ1n) is 8.94. The van der Waals surface area contributed by atoms with E-state index in [-0.39, 0.29) is 5.91 Å². The second kappa shape index (κ2) is 7.67. The molecular weight excluding hydrogens is 324 g/mol. The maximum absolute atomic E-state index is 12.8. The number of carbonyl (C=O) groups is 1. The molecule has 0 saturated heterocycles. The van der Waals surface area contributed by atoms with Gasteiger partial charge in [0.15, 0.2) is 0 Å². The molecule has 0 atom stereocenters. The molecule has 2 heterocycles. The lowest BCUT2D eigenvalue weighted by atomic mass is 9.96. The molecular formula is C21H24N4O. The van der Waals surface area contributed by atoms with E-state index >= 15 is 0 Å². The molecule has 0 aliphatic carbocycles. The van der Waals surface area contributed by atoms with Crippen molar-refractivity contribution >= 4 is 5.91 Å². The van der Waals surface area contributed by atoms with Crippen LogP contribution in [0, 0.1) is 11.3 Å². The Hall–Kier alpha value is -2.71. The van der Waals surface area contributed by atoms with Gasteiger partial charge >= 0.3 is 0 Å². The monoisotopic (exact) mass is 348 g/mol. The number of fused-ring (bicyclic) bond motifs is 1. The van der Waals surface area contributed by atoms with Gasteiger partial charge in [0.05, 0.1) is 11.6 Å². The smallest absolute Gasteiger partial charge is 0.254 e. The number of hydrogen-bond acceptors (Lipinski definition) is 4. The SMILES string of the molecule is CC(C)N(C)Cc1cncc2c1CCN(C(=O)c1cccc(C#N)c1)C2. The molecule has 1 aliphatic rings. The molecule has 1 amide bonds. The quantitative estimate of drug-likeness (QED) is 0.852. The van der Waals surface area contributed by atoms with E-state index in [0.717, 1.165) is 18.5 Å². The van der Waals surface area contributed by atoms with Crippen molar-refractivity contribution in [2.24, 2.45) is 0 Å². The average molecular weight is 348 g/mol. The van der Waals surface area contributed by atoms with Gasteiger partial charge in [0.1, 0.15) is 0 Å². The summed E-state index contributed by atoms with van der Waals surface area (Å²) < 4.78 is 0. The van der Waals surface area contributed by atoms with Gasteiger partial charge in [-0.2, -0.15) is 5.26 Å². The summed E-state index contributed by atoms with van der Waals surface area (Å²) in [6.45, 7) is 6.48. The molecule has 134 valence electrons. The zero-order valence-corrected chi connectivity index (χ0v) is 15.6. The van der Waals surface area contributed by atoms with Crippen LogP contribution in [0.25, 0.3) is 0 Å². The fraction of sp³-hybridized carbons (Fsp3) is 0.381. The Morgan fingerprint density at radius 2 is 2.19 bits per heavy atom. The normalized spacial score (nSPS) is 13.6. The van der Waals surface area contributed by atoms with E-state index < -0.39 is 0 Å². The topological polar surface area (TPSA) is 60.2 Å². The molecule has 3 rings (SSSR count). The highest BCUT2D eigenvalue weighted by atomic mass is 16.2. The number of aromatic nitrogens is 1. The van der Waals surface area contributed by atoms with E-state index in [4.69, 9.17) is 5.26 Å². The molecule has 1 aromatic carbocycles. The minimum atomic E-state index is -0.0301. The summed E-state index contributed by atoms with van der Waals surface area (Å²) >= 11 is 0. The molecule has 0 N–H and O–H groups in total. The Balaban J connectivity index is 1.79. The van der Waals surface area contributed by atoms with Crippen molar-refractivity contribution in [3.63, 3.8) is 0 Å². The van der Waals surface area contributed by atoms with Crippen LogP contribution in [0.4, 0.5) is 0 Å². The van der Waals surface area contributed by atoms with Crippen LogP contribution in [-0.2, 0) is 19.5 Å². The third-order valence-corrected chi connectivity index (χ3v) is 5.06. The molecule has 0 fully saturated rings. The number of nitrogens with zero attached hydrogens (tertiary/aromatic N) is 4. The van der Waals surface area contributed by atoms with Gasteiger partial charge in [0, 0.05) is 43.6 Å². The minimum Gasteiger partial charge on any atom is -0.334 e. The maximum atomic E-state index is 12.8. The lowest BCUT2D eigenvalue weighted by Crippen LogP contribution is -2.37. The fourth-order valence-corrected chi connectivity index (χ4v) is 3.23. The number of carbonyl (C=O) groups excluding carboxylic acids is 1. The van der Waals surface area contributed by atoms with Gasteiger partial charge < -0.3 is 4.90 Å².